The molecule has 0 bridgehead atoms. The van der Waals surface area contributed by atoms with E-state index in [0.29, 0.717) is 0 Å². The van der Waals surface area contributed by atoms with Crippen molar-refractivity contribution in [2.24, 2.45) is 0 Å². The van der Waals surface area contributed by atoms with Crippen LogP contribution in [0, 0.1) is 0 Å². The second-order valence-corrected chi connectivity index (χ2v) is 3.48. The molecule has 0 aliphatic carbocycles. The summed E-state index contributed by atoms with van der Waals surface area (Å²) in [5, 5.41) is 3.08. The minimum atomic E-state index is 0.0201. The second kappa shape index (κ2) is 9.19. The van der Waals surface area contributed by atoms with Crippen LogP contribution in [-0.4, -0.2) is 25.8 Å². The predicted octanol–water partition coefficient (Wildman–Crippen LogP) is 2.23. The van der Waals surface area contributed by atoms with Crippen molar-refractivity contribution in [2.75, 3.05) is 20.0 Å². The van der Waals surface area contributed by atoms with E-state index in [9.17, 15) is 4.79 Å². The number of carbonyl (C=O) groups is 1. The maximum atomic E-state index is 9.68. The fraction of sp³-hybridized carbons (Fsp3) is 0.417. The molecule has 0 aliphatic rings. The number of hydrogen-bond acceptors (Lipinski definition) is 3. The van der Waals surface area contributed by atoms with Crippen molar-refractivity contribution >= 4 is 17.4 Å². The molecule has 0 spiro atoms. The zero-order chi connectivity index (χ0) is 12.4. The van der Waals surface area contributed by atoms with E-state index in [-0.39, 0.29) is 11.7 Å². The summed E-state index contributed by atoms with van der Waals surface area (Å²) in [6.45, 7) is 2.36. The van der Waals surface area contributed by atoms with Gasteiger partial charge in [-0.1, -0.05) is 12.1 Å². The molecule has 0 heterocycles. The van der Waals surface area contributed by atoms with Gasteiger partial charge in [0.15, 0.2) is 0 Å². The lowest BCUT2D eigenvalue weighted by Crippen LogP contribution is -2.04. The van der Waals surface area contributed by atoms with E-state index < -0.39 is 0 Å². The van der Waals surface area contributed by atoms with Crippen molar-refractivity contribution in [3.63, 3.8) is 0 Å². The summed E-state index contributed by atoms with van der Waals surface area (Å²) >= 11 is 4.99. The SMILES string of the molecule is CC(=O)CCl.CNCc1ccc(OC)cc1. The Morgan fingerprint density at radius 2 is 1.88 bits per heavy atom. The molecule has 4 heteroatoms. The number of halogens is 1. The molecule has 0 saturated heterocycles. The van der Waals surface area contributed by atoms with Crippen molar-refractivity contribution in [1.82, 2.24) is 5.32 Å². The van der Waals surface area contributed by atoms with Crippen molar-refractivity contribution in [3.05, 3.63) is 29.8 Å². The van der Waals surface area contributed by atoms with Crippen molar-refractivity contribution in [3.8, 4) is 5.75 Å². The molecule has 1 aromatic rings. The number of hydrogen-bond donors (Lipinski definition) is 1. The van der Waals surface area contributed by atoms with Gasteiger partial charge < -0.3 is 10.1 Å². The van der Waals surface area contributed by atoms with Gasteiger partial charge in [0.25, 0.3) is 0 Å². The molecule has 1 aromatic carbocycles. The van der Waals surface area contributed by atoms with Gasteiger partial charge in [0.1, 0.15) is 11.5 Å². The number of ketones is 1. The largest absolute Gasteiger partial charge is 0.497 e. The first kappa shape index (κ1) is 14.9. The first-order valence-corrected chi connectivity index (χ1v) is 5.50. The fourth-order valence-corrected chi connectivity index (χ4v) is 0.948. The van der Waals surface area contributed by atoms with Crippen molar-refractivity contribution in [2.45, 2.75) is 13.5 Å². The number of rotatable bonds is 4. The van der Waals surface area contributed by atoms with E-state index in [2.05, 4.69) is 17.4 Å². The van der Waals surface area contributed by atoms with E-state index in [1.807, 2.05) is 19.2 Å². The molecule has 1 N–H and O–H groups in total. The Bertz CT molecular complexity index is 298. The quantitative estimate of drug-likeness (QED) is 0.825. The lowest BCUT2D eigenvalue weighted by molar-refractivity contribution is -0.114. The maximum absolute atomic E-state index is 9.68. The molecule has 16 heavy (non-hydrogen) atoms. The van der Waals surface area contributed by atoms with Gasteiger partial charge in [0.2, 0.25) is 0 Å². The van der Waals surface area contributed by atoms with Crippen LogP contribution in [0.5, 0.6) is 5.75 Å². The highest BCUT2D eigenvalue weighted by molar-refractivity contribution is 6.27. The van der Waals surface area contributed by atoms with Gasteiger partial charge in [-0.25, -0.2) is 0 Å². The first-order chi connectivity index (χ1) is 7.63. The number of benzene rings is 1. The van der Waals surface area contributed by atoms with Crippen LogP contribution in [0.2, 0.25) is 0 Å². The standard InChI is InChI=1S/C9H13NO.C3H5ClO/c1-10-7-8-3-5-9(11-2)6-4-8;1-3(5)2-4/h3-6,10H,7H2,1-2H3;2H2,1H3. The highest BCUT2D eigenvalue weighted by Crippen LogP contribution is 2.10. The smallest absolute Gasteiger partial charge is 0.144 e. The molecule has 0 atom stereocenters. The monoisotopic (exact) mass is 243 g/mol. The third-order valence-corrected chi connectivity index (χ3v) is 2.10. The normalized spacial score (nSPS) is 9.00. The van der Waals surface area contributed by atoms with Crippen LogP contribution in [-0.2, 0) is 11.3 Å². The van der Waals surface area contributed by atoms with Gasteiger partial charge in [-0.2, -0.15) is 0 Å². The molecule has 0 saturated carbocycles. The van der Waals surface area contributed by atoms with Crippen molar-refractivity contribution < 1.29 is 9.53 Å². The van der Waals surface area contributed by atoms with Gasteiger partial charge in [0.05, 0.1) is 13.0 Å². The van der Waals surface area contributed by atoms with Crippen LogP contribution in [0.1, 0.15) is 12.5 Å². The van der Waals surface area contributed by atoms with Crippen LogP contribution >= 0.6 is 11.6 Å². The van der Waals surface area contributed by atoms with E-state index >= 15 is 0 Å². The molecule has 0 radical (unpaired) electrons. The topological polar surface area (TPSA) is 38.3 Å². The van der Waals surface area contributed by atoms with Crippen LogP contribution in [0.25, 0.3) is 0 Å². The van der Waals surface area contributed by atoms with E-state index in [0.717, 1.165) is 12.3 Å². The van der Waals surface area contributed by atoms with Crippen LogP contribution < -0.4 is 10.1 Å². The number of ether oxygens (including phenoxy) is 1. The zero-order valence-electron chi connectivity index (χ0n) is 9.92. The van der Waals surface area contributed by atoms with E-state index in [1.54, 1.807) is 7.11 Å². The Kier molecular flexibility index (Phi) is 8.58. The maximum Gasteiger partial charge on any atom is 0.144 e. The molecular formula is C12H18ClNO2. The molecule has 0 aliphatic heterocycles. The number of nitrogens with one attached hydrogen (secondary N) is 1. The summed E-state index contributed by atoms with van der Waals surface area (Å²) in [6.07, 6.45) is 0. The Labute approximate surface area is 102 Å². The van der Waals surface area contributed by atoms with Crippen LogP contribution in [0.3, 0.4) is 0 Å². The van der Waals surface area contributed by atoms with Gasteiger partial charge in [-0.15, -0.1) is 11.6 Å². The number of methoxy groups -OCH3 is 1. The Morgan fingerprint density at radius 3 is 2.19 bits per heavy atom. The zero-order valence-corrected chi connectivity index (χ0v) is 10.7. The first-order valence-electron chi connectivity index (χ1n) is 4.97. The van der Waals surface area contributed by atoms with Crippen LogP contribution in [0.15, 0.2) is 24.3 Å². The summed E-state index contributed by atoms with van der Waals surface area (Å²) in [5.74, 6) is 1.07. The molecule has 90 valence electrons. The summed E-state index contributed by atoms with van der Waals surface area (Å²) in [4.78, 5) is 9.68. The number of Topliss-reactive ketones (excluding diaryl/α,β-unsaturated/α-hetero) is 1. The minimum Gasteiger partial charge on any atom is -0.497 e. The predicted molar refractivity (Wildman–Crippen MR) is 67.2 cm³/mol. The third kappa shape index (κ3) is 7.26. The van der Waals surface area contributed by atoms with Crippen LogP contribution in [0.4, 0.5) is 0 Å². The average molecular weight is 244 g/mol. The Morgan fingerprint density at radius 1 is 1.38 bits per heavy atom. The lowest BCUT2D eigenvalue weighted by atomic mass is 10.2. The van der Waals surface area contributed by atoms with Gasteiger partial charge in [-0.3, -0.25) is 4.79 Å². The number of alkyl halides is 1. The van der Waals surface area contributed by atoms with Gasteiger partial charge >= 0.3 is 0 Å². The van der Waals surface area contributed by atoms with Crippen molar-refractivity contribution in [1.29, 1.82) is 0 Å². The summed E-state index contributed by atoms with van der Waals surface area (Å²) in [7, 11) is 3.61. The highest BCUT2D eigenvalue weighted by Gasteiger charge is 1.90. The van der Waals surface area contributed by atoms with E-state index in [1.165, 1.54) is 12.5 Å². The van der Waals surface area contributed by atoms with E-state index in [4.69, 9.17) is 16.3 Å². The number of carbonyl (C=O) groups excluding carboxylic acids is 1. The average Bonchev–Trinajstić information content (AvgIpc) is 2.31. The molecule has 1 rings (SSSR count). The minimum absolute atomic E-state index is 0.0201. The Balaban J connectivity index is 0.000000385. The third-order valence-electron chi connectivity index (χ3n) is 1.73. The lowest BCUT2D eigenvalue weighted by Gasteiger charge is -2.01. The molecule has 0 unspecified atom stereocenters. The summed E-state index contributed by atoms with van der Waals surface area (Å²) in [6, 6.07) is 8.03. The Hall–Kier alpha value is -1.06. The second-order valence-electron chi connectivity index (χ2n) is 3.21. The van der Waals surface area contributed by atoms with Gasteiger partial charge in [-0.05, 0) is 31.7 Å². The van der Waals surface area contributed by atoms with Gasteiger partial charge in [0, 0.05) is 6.54 Å². The molecule has 3 nitrogen and oxygen atoms in total. The molecule has 0 amide bonds. The summed E-state index contributed by atoms with van der Waals surface area (Å²) in [5.41, 5.74) is 1.27. The molecular weight excluding hydrogens is 226 g/mol. The molecule has 0 fully saturated rings. The fourth-order valence-electron chi connectivity index (χ4n) is 0.948. The highest BCUT2D eigenvalue weighted by atomic mass is 35.5. The summed E-state index contributed by atoms with van der Waals surface area (Å²) < 4.78 is 5.03. The molecule has 0 aromatic heterocycles.